The van der Waals surface area contributed by atoms with E-state index in [-0.39, 0.29) is 17.3 Å². The van der Waals surface area contributed by atoms with Crippen LogP contribution >= 0.6 is 0 Å². The second-order valence-corrected chi connectivity index (χ2v) is 8.13. The summed E-state index contributed by atoms with van der Waals surface area (Å²) in [6, 6.07) is 4.86. The number of hydrogen-bond acceptors (Lipinski definition) is 4. The normalized spacial score (nSPS) is 11.4. The average molecular weight is 353 g/mol. The number of benzene rings is 1. The van der Waals surface area contributed by atoms with Crippen molar-refractivity contribution in [2.75, 3.05) is 39.0 Å². The molecule has 1 rings (SSSR count). The van der Waals surface area contributed by atoms with Crippen LogP contribution in [-0.4, -0.2) is 57.3 Å². The Morgan fingerprint density at radius 3 is 2.42 bits per heavy atom. The predicted molar refractivity (Wildman–Crippen MR) is 97.6 cm³/mol. The van der Waals surface area contributed by atoms with Crippen LogP contribution in [0.3, 0.4) is 0 Å². The van der Waals surface area contributed by atoms with Gasteiger partial charge in [0.05, 0.1) is 11.4 Å². The third-order valence-corrected chi connectivity index (χ3v) is 5.42. The molecule has 0 aromatic heterocycles. The van der Waals surface area contributed by atoms with Gasteiger partial charge >= 0.3 is 0 Å². The van der Waals surface area contributed by atoms with Crippen molar-refractivity contribution in [3.63, 3.8) is 0 Å². The average Bonchev–Trinajstić information content (AvgIpc) is 2.50. The van der Waals surface area contributed by atoms with Crippen LogP contribution in [0.1, 0.15) is 19.4 Å². The predicted octanol–water partition coefficient (Wildman–Crippen LogP) is 2.08. The molecule has 0 aliphatic heterocycles. The molecule has 0 aliphatic carbocycles. The van der Waals surface area contributed by atoms with Crippen molar-refractivity contribution in [2.24, 2.45) is 0 Å². The quantitative estimate of drug-likeness (QED) is 0.727. The van der Waals surface area contributed by atoms with E-state index < -0.39 is 10.0 Å². The highest BCUT2D eigenvalue weighted by atomic mass is 32.2. The second-order valence-electron chi connectivity index (χ2n) is 5.98. The fraction of sp³-hybridized carbons (Fsp3) is 0.471. The first kappa shape index (κ1) is 20.2. The lowest BCUT2D eigenvalue weighted by Gasteiger charge is -2.22. The number of anilines is 1. The summed E-state index contributed by atoms with van der Waals surface area (Å²) in [6.45, 7) is 10.7. The van der Waals surface area contributed by atoms with E-state index in [1.165, 1.54) is 14.1 Å². The molecule has 0 spiro atoms. The molecule has 7 heteroatoms. The third kappa shape index (κ3) is 5.07. The van der Waals surface area contributed by atoms with Crippen LogP contribution in [0.4, 0.5) is 5.69 Å². The van der Waals surface area contributed by atoms with E-state index in [4.69, 9.17) is 0 Å². The van der Waals surface area contributed by atoms with Crippen LogP contribution in [0.25, 0.3) is 0 Å². The standard InChI is InChI=1S/C17H27N3O3S/c1-7-20(12-13(2)3)17(21)11-18-16-10-15(9-8-14(16)4)24(22,23)19(5)6/h8-10,18H,2,7,11-12H2,1,3-6H3. The minimum Gasteiger partial charge on any atom is -0.376 e. The molecule has 0 atom stereocenters. The fourth-order valence-electron chi connectivity index (χ4n) is 2.15. The molecule has 1 aromatic carbocycles. The van der Waals surface area contributed by atoms with Gasteiger partial charge in [-0.05, 0) is 38.5 Å². The first-order chi connectivity index (χ1) is 11.1. The Labute approximate surface area is 145 Å². The number of aryl methyl sites for hydroxylation is 1. The van der Waals surface area contributed by atoms with Crippen LogP contribution in [0.15, 0.2) is 35.2 Å². The summed E-state index contributed by atoms with van der Waals surface area (Å²) < 4.78 is 25.6. The summed E-state index contributed by atoms with van der Waals surface area (Å²) in [4.78, 5) is 14.2. The monoisotopic (exact) mass is 353 g/mol. The maximum Gasteiger partial charge on any atom is 0.242 e. The number of rotatable bonds is 8. The van der Waals surface area contributed by atoms with Crippen LogP contribution in [0, 0.1) is 6.92 Å². The number of hydrogen-bond donors (Lipinski definition) is 1. The molecule has 0 heterocycles. The van der Waals surface area contributed by atoms with E-state index in [1.807, 2.05) is 20.8 Å². The molecule has 0 saturated heterocycles. The minimum atomic E-state index is -3.51. The lowest BCUT2D eigenvalue weighted by atomic mass is 10.2. The number of likely N-dealkylation sites (N-methyl/N-ethyl adjacent to an activating group) is 1. The molecular weight excluding hydrogens is 326 g/mol. The van der Waals surface area contributed by atoms with Crippen LogP contribution < -0.4 is 5.32 Å². The zero-order valence-electron chi connectivity index (χ0n) is 15.1. The number of sulfonamides is 1. The van der Waals surface area contributed by atoms with Gasteiger partial charge in [-0.3, -0.25) is 4.79 Å². The van der Waals surface area contributed by atoms with Gasteiger partial charge in [-0.1, -0.05) is 18.2 Å². The molecule has 0 unspecified atom stereocenters. The Kier molecular flexibility index (Phi) is 6.98. The van der Waals surface area contributed by atoms with Gasteiger partial charge in [0.15, 0.2) is 0 Å². The van der Waals surface area contributed by atoms with E-state index in [9.17, 15) is 13.2 Å². The Hall–Kier alpha value is -1.86. The number of amides is 1. The molecule has 0 saturated carbocycles. The lowest BCUT2D eigenvalue weighted by Crippen LogP contribution is -2.36. The van der Waals surface area contributed by atoms with E-state index in [1.54, 1.807) is 23.1 Å². The Bertz CT molecular complexity index is 712. The van der Waals surface area contributed by atoms with Crippen molar-refractivity contribution in [3.05, 3.63) is 35.9 Å². The topological polar surface area (TPSA) is 69.7 Å². The van der Waals surface area contributed by atoms with Gasteiger partial charge in [0.2, 0.25) is 15.9 Å². The summed E-state index contributed by atoms with van der Waals surface area (Å²) in [7, 11) is -0.528. The van der Waals surface area contributed by atoms with Crippen LogP contribution in [0.2, 0.25) is 0 Å². The van der Waals surface area contributed by atoms with Crippen molar-refractivity contribution >= 4 is 21.6 Å². The van der Waals surface area contributed by atoms with Gasteiger partial charge in [-0.25, -0.2) is 12.7 Å². The lowest BCUT2D eigenvalue weighted by molar-refractivity contribution is -0.128. The summed E-state index contributed by atoms with van der Waals surface area (Å²) in [5, 5.41) is 3.05. The van der Waals surface area contributed by atoms with Gasteiger partial charge < -0.3 is 10.2 Å². The molecular formula is C17H27N3O3S. The maximum absolute atomic E-state index is 12.3. The number of carbonyl (C=O) groups excluding carboxylic acids is 1. The Morgan fingerprint density at radius 1 is 1.29 bits per heavy atom. The zero-order chi connectivity index (χ0) is 18.5. The van der Waals surface area contributed by atoms with E-state index >= 15 is 0 Å². The van der Waals surface area contributed by atoms with Crippen molar-refractivity contribution in [1.29, 1.82) is 0 Å². The van der Waals surface area contributed by atoms with Crippen molar-refractivity contribution in [1.82, 2.24) is 9.21 Å². The Balaban J connectivity index is 2.92. The first-order valence-corrected chi connectivity index (χ1v) is 9.22. The molecule has 0 aliphatic rings. The summed E-state index contributed by atoms with van der Waals surface area (Å²) >= 11 is 0. The number of nitrogens with one attached hydrogen (secondary N) is 1. The molecule has 0 bridgehead atoms. The molecule has 1 amide bonds. The highest BCUT2D eigenvalue weighted by Crippen LogP contribution is 2.21. The fourth-order valence-corrected chi connectivity index (χ4v) is 3.08. The zero-order valence-corrected chi connectivity index (χ0v) is 15.9. The smallest absolute Gasteiger partial charge is 0.242 e. The molecule has 1 N–H and O–H groups in total. The second kappa shape index (κ2) is 8.30. The highest BCUT2D eigenvalue weighted by Gasteiger charge is 2.18. The molecule has 134 valence electrons. The SMILES string of the molecule is C=C(C)CN(CC)C(=O)CNc1cc(S(=O)(=O)N(C)C)ccc1C. The highest BCUT2D eigenvalue weighted by molar-refractivity contribution is 7.89. The maximum atomic E-state index is 12.3. The van der Waals surface area contributed by atoms with Crippen molar-refractivity contribution < 1.29 is 13.2 Å². The van der Waals surface area contributed by atoms with E-state index in [0.29, 0.717) is 18.8 Å². The third-order valence-electron chi connectivity index (χ3n) is 3.61. The van der Waals surface area contributed by atoms with Gasteiger partial charge in [0, 0.05) is 32.9 Å². The van der Waals surface area contributed by atoms with Crippen LogP contribution in [-0.2, 0) is 14.8 Å². The van der Waals surface area contributed by atoms with Gasteiger partial charge in [-0.2, -0.15) is 0 Å². The molecule has 24 heavy (non-hydrogen) atoms. The Morgan fingerprint density at radius 2 is 1.92 bits per heavy atom. The summed E-state index contributed by atoms with van der Waals surface area (Å²) in [5.41, 5.74) is 2.43. The van der Waals surface area contributed by atoms with Crippen LogP contribution in [0.5, 0.6) is 0 Å². The minimum absolute atomic E-state index is 0.0548. The number of carbonyl (C=O) groups is 1. The summed E-state index contributed by atoms with van der Waals surface area (Å²) in [5.74, 6) is -0.0548. The van der Waals surface area contributed by atoms with E-state index in [2.05, 4.69) is 11.9 Å². The molecule has 6 nitrogen and oxygen atoms in total. The van der Waals surface area contributed by atoms with Gasteiger partial charge in [0.1, 0.15) is 0 Å². The number of nitrogens with zero attached hydrogens (tertiary/aromatic N) is 2. The van der Waals surface area contributed by atoms with Crippen molar-refractivity contribution in [2.45, 2.75) is 25.7 Å². The molecule has 1 aromatic rings. The van der Waals surface area contributed by atoms with Crippen molar-refractivity contribution in [3.8, 4) is 0 Å². The molecule has 0 radical (unpaired) electrons. The first-order valence-electron chi connectivity index (χ1n) is 7.78. The van der Waals surface area contributed by atoms with Gasteiger partial charge in [-0.15, -0.1) is 0 Å². The molecule has 0 fully saturated rings. The summed E-state index contributed by atoms with van der Waals surface area (Å²) in [6.07, 6.45) is 0. The van der Waals surface area contributed by atoms with Gasteiger partial charge in [0.25, 0.3) is 0 Å². The van der Waals surface area contributed by atoms with E-state index in [0.717, 1.165) is 15.4 Å². The largest absolute Gasteiger partial charge is 0.376 e.